The predicted molar refractivity (Wildman–Crippen MR) is 135 cm³/mol. The number of hydrogen-bond acceptors (Lipinski definition) is 5. The number of amides is 2. The number of carbonyl (C=O) groups is 2. The summed E-state index contributed by atoms with van der Waals surface area (Å²) in [6.07, 6.45) is 2.00. The van der Waals surface area contributed by atoms with Crippen molar-refractivity contribution in [2.45, 2.75) is 38.8 Å². The molecule has 1 atom stereocenters. The maximum atomic E-state index is 13.6. The van der Waals surface area contributed by atoms with E-state index >= 15 is 0 Å². The summed E-state index contributed by atoms with van der Waals surface area (Å²) in [6.45, 7) is 2.93. The topological polar surface area (TPSA) is 67.9 Å². The number of nitrogens with zero attached hydrogens (tertiary/aromatic N) is 1. The molecule has 0 aliphatic carbocycles. The van der Waals surface area contributed by atoms with Gasteiger partial charge in [-0.3, -0.25) is 9.59 Å². The first kappa shape index (κ1) is 25.3. The fourth-order valence-electron chi connectivity index (χ4n) is 3.70. The molecular weight excluding hydrogens is 448 g/mol. The van der Waals surface area contributed by atoms with Gasteiger partial charge in [0.2, 0.25) is 11.8 Å². The summed E-state index contributed by atoms with van der Waals surface area (Å²) >= 11 is 1.55. The van der Waals surface area contributed by atoms with Crippen molar-refractivity contribution in [3.8, 4) is 11.5 Å². The van der Waals surface area contributed by atoms with Crippen molar-refractivity contribution in [2.75, 3.05) is 20.8 Å². The highest BCUT2D eigenvalue weighted by Gasteiger charge is 2.31. The van der Waals surface area contributed by atoms with Gasteiger partial charge in [-0.2, -0.15) is 0 Å². The lowest BCUT2D eigenvalue weighted by atomic mass is 10.0. The summed E-state index contributed by atoms with van der Waals surface area (Å²) in [6, 6.07) is 18.1. The Balaban J connectivity index is 1.88. The predicted octanol–water partition coefficient (Wildman–Crippen LogP) is 4.99. The molecule has 7 heteroatoms. The Hall–Kier alpha value is -3.32. The third-order valence-electron chi connectivity index (χ3n) is 5.57. The Bertz CT molecular complexity index is 1050. The van der Waals surface area contributed by atoms with E-state index in [0.717, 1.165) is 34.6 Å². The van der Waals surface area contributed by atoms with Gasteiger partial charge in [0, 0.05) is 18.0 Å². The molecule has 0 aliphatic rings. The molecule has 2 amide bonds. The van der Waals surface area contributed by atoms with E-state index in [9.17, 15) is 9.59 Å². The Morgan fingerprint density at radius 2 is 1.76 bits per heavy atom. The van der Waals surface area contributed by atoms with Crippen LogP contribution in [0.1, 0.15) is 41.8 Å². The van der Waals surface area contributed by atoms with Crippen molar-refractivity contribution < 1.29 is 19.1 Å². The van der Waals surface area contributed by atoms with Gasteiger partial charge in [-0.1, -0.05) is 43.7 Å². The van der Waals surface area contributed by atoms with Crippen molar-refractivity contribution in [1.29, 1.82) is 0 Å². The van der Waals surface area contributed by atoms with Gasteiger partial charge in [-0.05, 0) is 53.3 Å². The third kappa shape index (κ3) is 6.84. The van der Waals surface area contributed by atoms with Crippen LogP contribution in [0.4, 0.5) is 0 Å². The smallest absolute Gasteiger partial charge is 0.247 e. The number of rotatable bonds is 12. The van der Waals surface area contributed by atoms with Crippen molar-refractivity contribution in [2.24, 2.45) is 0 Å². The van der Waals surface area contributed by atoms with Gasteiger partial charge in [0.05, 0.1) is 20.6 Å². The molecule has 0 saturated heterocycles. The summed E-state index contributed by atoms with van der Waals surface area (Å²) in [7, 11) is 3.21. The zero-order valence-electron chi connectivity index (χ0n) is 20.0. The fraction of sp³-hybridized carbons (Fsp3) is 0.333. The first-order chi connectivity index (χ1) is 16.5. The Kier molecular flexibility index (Phi) is 9.52. The number of ether oxygens (including phenoxy) is 2. The van der Waals surface area contributed by atoms with Gasteiger partial charge in [-0.25, -0.2) is 0 Å². The maximum Gasteiger partial charge on any atom is 0.247 e. The average Bonchev–Trinajstić information content (AvgIpc) is 3.38. The molecule has 2 aromatic carbocycles. The molecule has 0 saturated carbocycles. The number of unbranched alkanes of at least 4 members (excludes halogenated alkanes) is 1. The first-order valence-electron chi connectivity index (χ1n) is 11.4. The number of thiophene rings is 1. The average molecular weight is 481 g/mol. The quantitative estimate of drug-likeness (QED) is 0.396. The van der Waals surface area contributed by atoms with Crippen LogP contribution in [-0.2, 0) is 22.6 Å². The van der Waals surface area contributed by atoms with E-state index in [0.29, 0.717) is 18.8 Å². The fourth-order valence-corrected chi connectivity index (χ4v) is 4.40. The lowest BCUT2D eigenvalue weighted by molar-refractivity contribution is -0.140. The van der Waals surface area contributed by atoms with Gasteiger partial charge in [-0.15, -0.1) is 11.3 Å². The lowest BCUT2D eigenvalue weighted by Crippen LogP contribution is -2.44. The molecule has 0 bridgehead atoms. The van der Waals surface area contributed by atoms with E-state index in [1.165, 1.54) is 0 Å². The summed E-state index contributed by atoms with van der Waals surface area (Å²) in [4.78, 5) is 29.7. The maximum absolute atomic E-state index is 13.6. The first-order valence-corrected chi connectivity index (χ1v) is 12.3. The normalized spacial score (nSPS) is 11.5. The van der Waals surface area contributed by atoms with Gasteiger partial charge < -0.3 is 19.7 Å². The minimum Gasteiger partial charge on any atom is -0.497 e. The minimum atomic E-state index is -0.757. The van der Waals surface area contributed by atoms with Crippen LogP contribution in [0.25, 0.3) is 0 Å². The molecule has 1 N–H and O–H groups in total. The number of benzene rings is 2. The second-order valence-corrected chi connectivity index (χ2v) is 8.97. The molecule has 1 aromatic heterocycles. The highest BCUT2D eigenvalue weighted by atomic mass is 32.1. The molecule has 0 fully saturated rings. The van der Waals surface area contributed by atoms with E-state index < -0.39 is 6.04 Å². The molecule has 0 aliphatic heterocycles. The Morgan fingerprint density at radius 1 is 1.00 bits per heavy atom. The van der Waals surface area contributed by atoms with Gasteiger partial charge in [0.25, 0.3) is 0 Å². The number of carbonyl (C=O) groups excluding carboxylic acids is 2. The monoisotopic (exact) mass is 480 g/mol. The number of nitrogens with one attached hydrogen (secondary N) is 1. The zero-order valence-corrected chi connectivity index (χ0v) is 20.8. The molecule has 0 spiro atoms. The molecule has 180 valence electrons. The summed E-state index contributed by atoms with van der Waals surface area (Å²) < 4.78 is 10.6. The summed E-state index contributed by atoms with van der Waals surface area (Å²) in [5.74, 6) is 1.11. The minimum absolute atomic E-state index is 0.0664. The van der Waals surface area contributed by atoms with Crippen LogP contribution >= 0.6 is 11.3 Å². The van der Waals surface area contributed by atoms with Crippen LogP contribution in [0.3, 0.4) is 0 Å². The van der Waals surface area contributed by atoms with Crippen molar-refractivity contribution in [1.82, 2.24) is 10.2 Å². The van der Waals surface area contributed by atoms with Crippen LogP contribution in [0.2, 0.25) is 0 Å². The Labute approximate surface area is 205 Å². The zero-order chi connectivity index (χ0) is 24.3. The van der Waals surface area contributed by atoms with E-state index in [1.807, 2.05) is 66.0 Å². The molecule has 0 radical (unpaired) electrons. The van der Waals surface area contributed by atoms with E-state index in [2.05, 4.69) is 12.2 Å². The summed E-state index contributed by atoms with van der Waals surface area (Å²) in [5, 5.41) is 4.99. The second-order valence-electron chi connectivity index (χ2n) is 7.94. The standard InChI is InChI=1S/C27H32N2O4S/c1-4-5-15-29(25(30)18-24-10-7-16-34-24)26(21-8-6-9-23(17-21)33-3)27(31)28-19-20-11-13-22(32-2)14-12-20/h6-14,16-17,26H,4-5,15,18-19H2,1-3H3,(H,28,31)/t26-/m0/s1. The molecule has 3 aromatic rings. The highest BCUT2D eigenvalue weighted by molar-refractivity contribution is 7.10. The molecular formula is C27H32N2O4S. The van der Waals surface area contributed by atoms with E-state index in [1.54, 1.807) is 30.5 Å². The van der Waals surface area contributed by atoms with E-state index in [-0.39, 0.29) is 18.2 Å². The van der Waals surface area contributed by atoms with Crippen LogP contribution < -0.4 is 14.8 Å². The van der Waals surface area contributed by atoms with Crippen LogP contribution in [0.15, 0.2) is 66.0 Å². The number of methoxy groups -OCH3 is 2. The Morgan fingerprint density at radius 3 is 2.41 bits per heavy atom. The second kappa shape index (κ2) is 12.8. The lowest BCUT2D eigenvalue weighted by Gasteiger charge is -2.31. The molecule has 1 heterocycles. The molecule has 34 heavy (non-hydrogen) atoms. The van der Waals surface area contributed by atoms with Gasteiger partial charge >= 0.3 is 0 Å². The molecule has 6 nitrogen and oxygen atoms in total. The van der Waals surface area contributed by atoms with Crippen LogP contribution in [0.5, 0.6) is 11.5 Å². The van der Waals surface area contributed by atoms with Gasteiger partial charge in [0.15, 0.2) is 0 Å². The molecule has 0 unspecified atom stereocenters. The van der Waals surface area contributed by atoms with Crippen LogP contribution in [-0.4, -0.2) is 37.5 Å². The highest BCUT2D eigenvalue weighted by Crippen LogP contribution is 2.27. The van der Waals surface area contributed by atoms with Gasteiger partial charge in [0.1, 0.15) is 17.5 Å². The number of hydrogen-bond donors (Lipinski definition) is 1. The van der Waals surface area contributed by atoms with E-state index in [4.69, 9.17) is 9.47 Å². The third-order valence-corrected chi connectivity index (χ3v) is 6.45. The van der Waals surface area contributed by atoms with Crippen molar-refractivity contribution >= 4 is 23.2 Å². The van der Waals surface area contributed by atoms with Crippen molar-refractivity contribution in [3.05, 3.63) is 82.0 Å². The SMILES string of the molecule is CCCCN(C(=O)Cc1cccs1)[C@H](C(=O)NCc1ccc(OC)cc1)c1cccc(OC)c1. The van der Waals surface area contributed by atoms with Crippen molar-refractivity contribution in [3.63, 3.8) is 0 Å². The molecule has 3 rings (SSSR count). The summed E-state index contributed by atoms with van der Waals surface area (Å²) in [5.41, 5.74) is 1.67. The largest absolute Gasteiger partial charge is 0.497 e. The van der Waals surface area contributed by atoms with Crippen LogP contribution in [0, 0.1) is 0 Å².